The summed E-state index contributed by atoms with van der Waals surface area (Å²) in [7, 11) is -2.28. The number of nitrogens with zero attached hydrogens (tertiary/aromatic N) is 5. The van der Waals surface area contributed by atoms with Gasteiger partial charge in [0.05, 0.1) is 17.9 Å². The van der Waals surface area contributed by atoms with Crippen LogP contribution in [-0.4, -0.2) is 105 Å². The lowest BCUT2D eigenvalue weighted by molar-refractivity contribution is 0.294. The summed E-state index contributed by atoms with van der Waals surface area (Å²) in [5.41, 5.74) is 0.794. The number of aromatic amines is 1. The number of H-pyrrole nitrogens is 1. The van der Waals surface area contributed by atoms with Crippen LogP contribution < -0.4 is 10.2 Å². The standard InChI is InChI=1S/C13H19N5O2S.C7H16N2O2S/c1-17(10-4-3-7-18(8-10)21(2,19)20)13-11-5-6-14-12(11)15-9-16-13;1-8-7-4-3-5-9(6-7)12(2,10)11/h5-6,9-10H,3-4,7-8H2,1-2H3,(H,14,15,16);7-8H,3-6H2,1-2H3. The summed E-state index contributed by atoms with van der Waals surface area (Å²) in [6.07, 6.45) is 9.75. The smallest absolute Gasteiger partial charge is 0.211 e. The van der Waals surface area contributed by atoms with Crippen LogP contribution in [-0.2, 0) is 20.0 Å². The zero-order chi connectivity index (χ0) is 24.2. The number of piperidine rings is 2. The quantitative estimate of drug-likeness (QED) is 0.604. The minimum atomic E-state index is -3.14. The van der Waals surface area contributed by atoms with E-state index in [4.69, 9.17) is 0 Å². The van der Waals surface area contributed by atoms with Gasteiger partial charge in [0.25, 0.3) is 0 Å². The van der Waals surface area contributed by atoms with Crippen LogP contribution in [0.1, 0.15) is 25.7 Å². The average molecular weight is 502 g/mol. The molecule has 186 valence electrons. The molecule has 0 aromatic carbocycles. The fourth-order valence-corrected chi connectivity index (χ4v) is 6.15. The minimum Gasteiger partial charge on any atom is -0.355 e. The Hall–Kier alpha value is -1.80. The molecule has 2 aromatic rings. The van der Waals surface area contributed by atoms with Crippen molar-refractivity contribution in [3.05, 3.63) is 18.6 Å². The SMILES string of the molecule is CN(c1ncnc2[nH]ccc12)C1CCCN(S(C)(=O)=O)C1.CNC1CCCN(S(C)(=O)=O)C1. The zero-order valence-electron chi connectivity index (χ0n) is 19.7. The Morgan fingerprint density at radius 1 is 1.03 bits per heavy atom. The highest BCUT2D eigenvalue weighted by Crippen LogP contribution is 2.26. The number of hydrogen-bond acceptors (Lipinski definition) is 8. The molecule has 4 heterocycles. The van der Waals surface area contributed by atoms with Crippen LogP contribution in [0.25, 0.3) is 11.0 Å². The van der Waals surface area contributed by atoms with Gasteiger partial charge < -0.3 is 15.2 Å². The summed E-state index contributed by atoms with van der Waals surface area (Å²) in [6, 6.07) is 2.40. The first-order valence-corrected chi connectivity index (χ1v) is 14.8. The van der Waals surface area contributed by atoms with Gasteiger partial charge in [0, 0.05) is 51.5 Å². The van der Waals surface area contributed by atoms with E-state index in [2.05, 4.69) is 25.2 Å². The van der Waals surface area contributed by atoms with Crippen molar-refractivity contribution in [1.82, 2.24) is 28.9 Å². The van der Waals surface area contributed by atoms with Gasteiger partial charge in [-0.2, -0.15) is 0 Å². The van der Waals surface area contributed by atoms with Gasteiger partial charge in [-0.15, -0.1) is 0 Å². The minimum absolute atomic E-state index is 0.126. The Kier molecular flexibility index (Phi) is 8.32. The maximum Gasteiger partial charge on any atom is 0.211 e. The molecular weight excluding hydrogens is 466 g/mol. The van der Waals surface area contributed by atoms with Crippen molar-refractivity contribution in [1.29, 1.82) is 0 Å². The van der Waals surface area contributed by atoms with E-state index >= 15 is 0 Å². The number of rotatable bonds is 5. The largest absolute Gasteiger partial charge is 0.355 e. The Morgan fingerprint density at radius 3 is 2.30 bits per heavy atom. The first-order chi connectivity index (χ1) is 15.5. The molecule has 0 bridgehead atoms. The predicted molar refractivity (Wildman–Crippen MR) is 130 cm³/mol. The molecule has 11 nitrogen and oxygen atoms in total. The lowest BCUT2D eigenvalue weighted by Gasteiger charge is -2.37. The van der Waals surface area contributed by atoms with Gasteiger partial charge in [-0.3, -0.25) is 0 Å². The summed E-state index contributed by atoms with van der Waals surface area (Å²) in [4.78, 5) is 13.7. The molecule has 2 atom stereocenters. The number of nitrogens with one attached hydrogen (secondary N) is 2. The number of sulfonamides is 2. The Bertz CT molecular complexity index is 1140. The van der Waals surface area contributed by atoms with E-state index < -0.39 is 20.0 Å². The molecule has 0 radical (unpaired) electrons. The normalized spacial score (nSPS) is 23.2. The molecule has 2 fully saturated rings. The van der Waals surface area contributed by atoms with Gasteiger partial charge in [-0.1, -0.05) is 0 Å². The van der Waals surface area contributed by atoms with Crippen LogP contribution in [0.2, 0.25) is 0 Å². The van der Waals surface area contributed by atoms with Gasteiger partial charge in [0.1, 0.15) is 17.8 Å². The van der Waals surface area contributed by atoms with Gasteiger partial charge in [-0.25, -0.2) is 35.4 Å². The van der Waals surface area contributed by atoms with Gasteiger partial charge >= 0.3 is 0 Å². The van der Waals surface area contributed by atoms with Crippen molar-refractivity contribution < 1.29 is 16.8 Å². The van der Waals surface area contributed by atoms with Crippen LogP contribution in [0.4, 0.5) is 5.82 Å². The fourth-order valence-electron chi connectivity index (χ4n) is 4.33. The Balaban J connectivity index is 0.000000218. The highest BCUT2D eigenvalue weighted by Gasteiger charge is 2.29. The van der Waals surface area contributed by atoms with Gasteiger partial charge in [0.15, 0.2) is 0 Å². The highest BCUT2D eigenvalue weighted by atomic mass is 32.2. The van der Waals surface area contributed by atoms with E-state index in [0.29, 0.717) is 32.2 Å². The summed E-state index contributed by atoms with van der Waals surface area (Å²) < 4.78 is 48.9. The molecule has 2 saturated heterocycles. The second-order valence-electron chi connectivity index (χ2n) is 8.71. The molecular formula is C20H35N7O4S2. The number of fused-ring (bicyclic) bond motifs is 1. The van der Waals surface area contributed by atoms with Crippen molar-refractivity contribution >= 4 is 36.9 Å². The number of likely N-dealkylation sites (N-methyl/N-ethyl adjacent to an activating group) is 2. The van der Waals surface area contributed by atoms with Crippen molar-refractivity contribution in [3.63, 3.8) is 0 Å². The molecule has 2 aromatic heterocycles. The second kappa shape index (κ2) is 10.6. The van der Waals surface area contributed by atoms with Crippen LogP contribution in [0.5, 0.6) is 0 Å². The van der Waals surface area contributed by atoms with E-state index in [1.165, 1.54) is 23.1 Å². The van der Waals surface area contributed by atoms with E-state index in [0.717, 1.165) is 42.5 Å². The third-order valence-corrected chi connectivity index (χ3v) is 8.84. The van der Waals surface area contributed by atoms with Crippen molar-refractivity contribution in [2.45, 2.75) is 37.8 Å². The number of aromatic nitrogens is 3. The summed E-state index contributed by atoms with van der Waals surface area (Å²) >= 11 is 0. The summed E-state index contributed by atoms with van der Waals surface area (Å²) in [5, 5.41) is 4.05. The molecule has 13 heteroatoms. The molecule has 2 aliphatic rings. The first-order valence-electron chi connectivity index (χ1n) is 11.1. The number of anilines is 1. The molecule has 2 N–H and O–H groups in total. The van der Waals surface area contributed by atoms with Crippen molar-refractivity contribution in [2.24, 2.45) is 0 Å². The molecule has 0 amide bonds. The monoisotopic (exact) mass is 501 g/mol. The lowest BCUT2D eigenvalue weighted by Crippen LogP contribution is -2.48. The molecule has 0 saturated carbocycles. The fraction of sp³-hybridized carbons (Fsp3) is 0.700. The molecule has 33 heavy (non-hydrogen) atoms. The van der Waals surface area contributed by atoms with Crippen LogP contribution >= 0.6 is 0 Å². The van der Waals surface area contributed by atoms with E-state index in [9.17, 15) is 16.8 Å². The maximum absolute atomic E-state index is 11.7. The highest BCUT2D eigenvalue weighted by molar-refractivity contribution is 7.88. The van der Waals surface area contributed by atoms with E-state index in [1.54, 1.807) is 4.31 Å². The lowest BCUT2D eigenvalue weighted by atomic mass is 10.1. The predicted octanol–water partition coefficient (Wildman–Crippen LogP) is 0.448. The zero-order valence-corrected chi connectivity index (χ0v) is 21.4. The topological polar surface area (TPSA) is 132 Å². The molecule has 0 spiro atoms. The third kappa shape index (κ3) is 6.63. The first kappa shape index (κ1) is 25.8. The van der Waals surface area contributed by atoms with Crippen LogP contribution in [0, 0.1) is 0 Å². The van der Waals surface area contributed by atoms with Crippen LogP contribution in [0.15, 0.2) is 18.6 Å². The molecule has 0 aliphatic carbocycles. The molecule has 2 unspecified atom stereocenters. The maximum atomic E-state index is 11.7. The van der Waals surface area contributed by atoms with Gasteiger partial charge in [-0.05, 0) is 38.8 Å². The van der Waals surface area contributed by atoms with Crippen LogP contribution in [0.3, 0.4) is 0 Å². The average Bonchev–Trinajstić information content (AvgIpc) is 3.27. The van der Waals surface area contributed by atoms with Gasteiger partial charge in [0.2, 0.25) is 20.0 Å². The second-order valence-corrected chi connectivity index (χ2v) is 12.7. The summed E-state index contributed by atoms with van der Waals surface area (Å²) in [5.74, 6) is 0.835. The molecule has 4 rings (SSSR count). The van der Waals surface area contributed by atoms with Crippen molar-refractivity contribution in [3.8, 4) is 0 Å². The van der Waals surface area contributed by atoms with E-state index in [-0.39, 0.29) is 6.04 Å². The summed E-state index contributed by atoms with van der Waals surface area (Å²) in [6.45, 7) is 2.41. The molecule has 2 aliphatic heterocycles. The van der Waals surface area contributed by atoms with E-state index in [1.807, 2.05) is 26.4 Å². The van der Waals surface area contributed by atoms with Crippen molar-refractivity contribution in [2.75, 3.05) is 57.7 Å². The third-order valence-electron chi connectivity index (χ3n) is 6.30. The Labute approximate surface area is 196 Å². The Morgan fingerprint density at radius 2 is 1.67 bits per heavy atom. The number of hydrogen-bond donors (Lipinski definition) is 2.